The lowest BCUT2D eigenvalue weighted by atomic mass is 9.90. The lowest BCUT2D eigenvalue weighted by Gasteiger charge is -2.33. The molecule has 262 valence electrons. The Balaban J connectivity index is 1.06. The van der Waals surface area contributed by atoms with Crippen LogP contribution in [-0.2, 0) is 40.8 Å². The van der Waals surface area contributed by atoms with Crippen LogP contribution in [0.2, 0.25) is 0 Å². The number of nitrogens with zero attached hydrogens (tertiary/aromatic N) is 1. The first kappa shape index (κ1) is 35.4. The van der Waals surface area contributed by atoms with E-state index in [-0.39, 0.29) is 12.5 Å². The summed E-state index contributed by atoms with van der Waals surface area (Å²) >= 11 is 0. The molecule has 3 aliphatic heterocycles. The number of urea groups is 1. The van der Waals surface area contributed by atoms with Gasteiger partial charge in [0.2, 0.25) is 6.23 Å². The van der Waals surface area contributed by atoms with E-state index in [4.69, 9.17) is 14.0 Å². The molecule has 48 heavy (non-hydrogen) atoms. The molecule has 0 bridgehead atoms. The summed E-state index contributed by atoms with van der Waals surface area (Å²) in [6, 6.07) is 12.8. The molecular weight excluding hydrogens is 697 g/mol. The molecule has 6 N–H and O–H groups in total. The topological polar surface area (TPSA) is 240 Å². The van der Waals surface area contributed by atoms with Crippen LogP contribution < -0.4 is 5.32 Å². The summed E-state index contributed by atoms with van der Waals surface area (Å²) in [5.41, 5.74) is 1.26. The molecule has 2 fully saturated rings. The molecule has 2 aromatic rings. The quantitative estimate of drug-likeness (QED) is 0.170. The van der Waals surface area contributed by atoms with Crippen molar-refractivity contribution in [2.24, 2.45) is 5.92 Å². The smallest absolute Gasteiger partial charge is 0.466 e. The number of phosphoric ester groups is 2. The van der Waals surface area contributed by atoms with Gasteiger partial charge in [-0.1, -0.05) is 55.7 Å². The number of aliphatic hydroxyl groups excluding tert-OH is 2. The van der Waals surface area contributed by atoms with Gasteiger partial charge in [0.15, 0.2) is 6.23 Å². The van der Waals surface area contributed by atoms with E-state index >= 15 is 0 Å². The fraction of sp³-hybridized carbons (Fsp3) is 0.464. The largest absolute Gasteiger partial charge is 0.490 e. The van der Waals surface area contributed by atoms with E-state index in [2.05, 4.69) is 18.5 Å². The van der Waals surface area contributed by atoms with Crippen molar-refractivity contribution in [1.82, 2.24) is 10.2 Å². The number of rotatable bonds is 12. The summed E-state index contributed by atoms with van der Waals surface area (Å²) in [5, 5.41) is 25.9. The van der Waals surface area contributed by atoms with Crippen LogP contribution in [0.1, 0.15) is 37.7 Å². The Hall–Kier alpha value is -2.46. The highest BCUT2D eigenvalue weighted by molar-refractivity contribution is 7.66. The van der Waals surface area contributed by atoms with Gasteiger partial charge in [0.05, 0.1) is 13.2 Å². The standard InChI is InChI=1S/C28H35N2O15P3/c31-24-23(16-41-47(36,37)45-48(38,39)44-46(34,35)40-15-17-6-2-1-3-7-17)43-27(25(24)32)30-14-21-13-22(42-26(21)29-28(30)33)20-11-10-18-8-4-5-9-19(18)12-20/h4-5,8-14,17,23-27,31-32H,1-3,6-7,15-16H2,(H,29,33)(H,34,35)(H,36,37)(H,38,39). The number of carbonyl (C=O) groups excluding carboxylic acids is 1. The van der Waals surface area contributed by atoms with E-state index in [9.17, 15) is 43.4 Å². The number of amides is 2. The monoisotopic (exact) mass is 732 g/mol. The van der Waals surface area contributed by atoms with E-state index in [1.807, 2.05) is 42.5 Å². The zero-order valence-corrected chi connectivity index (χ0v) is 27.9. The predicted octanol–water partition coefficient (Wildman–Crippen LogP) is 3.84. The Morgan fingerprint density at radius 3 is 2.23 bits per heavy atom. The predicted molar refractivity (Wildman–Crippen MR) is 166 cm³/mol. The average Bonchev–Trinajstić information content (AvgIpc) is 3.57. The van der Waals surface area contributed by atoms with Crippen molar-refractivity contribution >= 4 is 46.0 Å². The Morgan fingerprint density at radius 1 is 0.854 bits per heavy atom. The molecule has 0 spiro atoms. The number of carbonyl (C=O) groups is 1. The van der Waals surface area contributed by atoms with Crippen molar-refractivity contribution in [3.05, 3.63) is 65.9 Å². The van der Waals surface area contributed by atoms with E-state index < -0.39 is 66.9 Å². The van der Waals surface area contributed by atoms with Crippen molar-refractivity contribution < 1.29 is 70.5 Å². The van der Waals surface area contributed by atoms with E-state index in [0.717, 1.165) is 53.3 Å². The number of ether oxygens (including phenoxy) is 2. The van der Waals surface area contributed by atoms with Crippen LogP contribution in [-0.4, -0.2) is 79.8 Å². The third-order valence-electron chi connectivity index (χ3n) is 8.28. The SMILES string of the molecule is O=C1NC2OC(c3ccc4ccccc4c3)=CC2=CN1C1OC(COP(=O)(O)OP(=O)(O)OP(=O)(O)OCC2CCCCC2)C(O)C1O. The first-order valence-corrected chi connectivity index (χ1v) is 19.6. The molecule has 8 atom stereocenters. The van der Waals surface area contributed by atoms with Gasteiger partial charge in [0, 0.05) is 17.3 Å². The summed E-state index contributed by atoms with van der Waals surface area (Å²) in [7, 11) is -16.4. The third kappa shape index (κ3) is 8.28. The molecule has 0 aromatic heterocycles. The van der Waals surface area contributed by atoms with Crippen molar-refractivity contribution in [2.75, 3.05) is 13.2 Å². The zero-order chi connectivity index (χ0) is 34.3. The Bertz CT molecular complexity index is 1750. The maximum Gasteiger partial charge on any atom is 0.490 e. The van der Waals surface area contributed by atoms with Gasteiger partial charge >= 0.3 is 29.5 Å². The van der Waals surface area contributed by atoms with Crippen LogP contribution in [0.4, 0.5) is 4.79 Å². The minimum absolute atomic E-state index is 0.0597. The van der Waals surface area contributed by atoms with Gasteiger partial charge in [0.1, 0.15) is 24.1 Å². The summed E-state index contributed by atoms with van der Waals surface area (Å²) in [6.07, 6.45) is -0.00445. The van der Waals surface area contributed by atoms with Gasteiger partial charge in [0.25, 0.3) is 0 Å². The Kier molecular flexibility index (Phi) is 10.3. The maximum absolute atomic E-state index is 13.0. The van der Waals surface area contributed by atoms with Gasteiger partial charge in [-0.25, -0.2) is 18.5 Å². The number of benzene rings is 2. The first-order chi connectivity index (χ1) is 22.7. The summed E-state index contributed by atoms with van der Waals surface area (Å²) < 4.78 is 66.1. The number of nitrogens with one attached hydrogen (secondary N) is 1. The zero-order valence-electron chi connectivity index (χ0n) is 25.2. The molecule has 1 saturated carbocycles. The number of aliphatic hydroxyl groups is 2. The molecule has 6 rings (SSSR count). The minimum Gasteiger partial charge on any atom is -0.466 e. The average molecular weight is 733 g/mol. The molecule has 0 radical (unpaired) electrons. The maximum atomic E-state index is 13.0. The van der Waals surface area contributed by atoms with Crippen LogP contribution in [0, 0.1) is 5.92 Å². The summed E-state index contributed by atoms with van der Waals surface area (Å²) in [4.78, 5) is 43.6. The molecule has 1 aliphatic carbocycles. The molecule has 2 amide bonds. The summed E-state index contributed by atoms with van der Waals surface area (Å²) in [5.74, 6) is 0.422. The van der Waals surface area contributed by atoms with Crippen LogP contribution in [0.25, 0.3) is 16.5 Å². The van der Waals surface area contributed by atoms with Crippen LogP contribution in [0.15, 0.2) is 60.3 Å². The van der Waals surface area contributed by atoms with Gasteiger partial charge in [-0.05, 0) is 41.7 Å². The van der Waals surface area contributed by atoms with Crippen molar-refractivity contribution in [3.63, 3.8) is 0 Å². The number of phosphoric acid groups is 3. The molecule has 8 unspecified atom stereocenters. The highest BCUT2D eigenvalue weighted by atomic mass is 31.3. The number of fused-ring (bicyclic) bond motifs is 2. The Labute approximate surface area is 274 Å². The van der Waals surface area contributed by atoms with E-state index in [0.29, 0.717) is 11.3 Å². The lowest BCUT2D eigenvalue weighted by Crippen LogP contribution is -2.54. The molecule has 2 aromatic carbocycles. The Morgan fingerprint density at radius 2 is 1.52 bits per heavy atom. The fourth-order valence-corrected chi connectivity index (χ4v) is 9.49. The molecule has 3 heterocycles. The first-order valence-electron chi connectivity index (χ1n) is 15.1. The highest BCUT2D eigenvalue weighted by Gasteiger charge is 2.50. The van der Waals surface area contributed by atoms with Crippen LogP contribution >= 0.6 is 23.5 Å². The van der Waals surface area contributed by atoms with Gasteiger partial charge in [-0.2, -0.15) is 8.62 Å². The second-order valence-electron chi connectivity index (χ2n) is 11.8. The molecule has 20 heteroatoms. The normalized spacial score (nSPS) is 30.0. The van der Waals surface area contributed by atoms with Crippen LogP contribution in [0.3, 0.4) is 0 Å². The van der Waals surface area contributed by atoms with E-state index in [1.54, 1.807) is 6.08 Å². The summed E-state index contributed by atoms with van der Waals surface area (Å²) in [6.45, 7) is -1.22. The number of hydrogen-bond acceptors (Lipinski definition) is 12. The van der Waals surface area contributed by atoms with Gasteiger partial charge in [-0.3, -0.25) is 19.3 Å². The molecule has 1 saturated heterocycles. The van der Waals surface area contributed by atoms with Crippen molar-refractivity contribution in [1.29, 1.82) is 0 Å². The van der Waals surface area contributed by atoms with Crippen LogP contribution in [0.5, 0.6) is 0 Å². The third-order valence-corrected chi connectivity index (χ3v) is 12.5. The van der Waals surface area contributed by atoms with Crippen molar-refractivity contribution in [2.45, 2.75) is 62.9 Å². The second-order valence-corrected chi connectivity index (χ2v) is 16.4. The molecular formula is C28H35N2O15P3. The second kappa shape index (κ2) is 14.0. The lowest BCUT2D eigenvalue weighted by molar-refractivity contribution is -0.0672. The fourth-order valence-electron chi connectivity index (χ4n) is 5.90. The van der Waals surface area contributed by atoms with E-state index in [1.165, 1.54) is 6.20 Å². The highest BCUT2D eigenvalue weighted by Crippen LogP contribution is 2.67. The minimum atomic E-state index is -5.70. The van der Waals surface area contributed by atoms with Gasteiger partial charge in [-0.15, -0.1) is 0 Å². The molecule has 17 nitrogen and oxygen atoms in total. The molecule has 4 aliphatic rings. The van der Waals surface area contributed by atoms with Gasteiger partial charge < -0.3 is 34.4 Å². The number of hydrogen-bond donors (Lipinski definition) is 6. The van der Waals surface area contributed by atoms with Crippen molar-refractivity contribution in [3.8, 4) is 0 Å².